The van der Waals surface area contributed by atoms with Gasteiger partial charge in [0.15, 0.2) is 11.5 Å². The van der Waals surface area contributed by atoms with Crippen LogP contribution in [0.1, 0.15) is 12.5 Å². The van der Waals surface area contributed by atoms with Crippen molar-refractivity contribution in [3.63, 3.8) is 0 Å². The molecule has 0 radical (unpaired) electrons. The molecule has 156 valence electrons. The van der Waals surface area contributed by atoms with Crippen molar-refractivity contribution in [3.05, 3.63) is 50.4 Å². The van der Waals surface area contributed by atoms with E-state index in [0.717, 1.165) is 4.90 Å². The summed E-state index contributed by atoms with van der Waals surface area (Å²) in [5, 5.41) is 12.3. The molecule has 0 aliphatic carbocycles. The molecule has 1 saturated heterocycles. The fourth-order valence-electron chi connectivity index (χ4n) is 2.82. The number of nitrogens with zero attached hydrogens (tertiary/aromatic N) is 1. The molecule has 0 aromatic heterocycles. The minimum atomic E-state index is -0.877. The molecule has 0 atom stereocenters. The highest BCUT2D eigenvalue weighted by Crippen LogP contribution is 2.42. The molecule has 2 aromatic rings. The molecular weight excluding hydrogens is 524 g/mol. The molecule has 1 fully saturated rings. The van der Waals surface area contributed by atoms with Crippen LogP contribution in [0.25, 0.3) is 6.08 Å². The number of imide groups is 2. The first-order chi connectivity index (χ1) is 14.3. The average molecular weight is 540 g/mol. The summed E-state index contributed by atoms with van der Waals surface area (Å²) < 4.78 is 11.3. The first-order valence-corrected chi connectivity index (χ1v) is 10.3. The Hall–Kier alpha value is -2.85. The number of nitrogens with one attached hydrogen (secondary N) is 1. The van der Waals surface area contributed by atoms with E-state index >= 15 is 0 Å². The highest BCUT2D eigenvalue weighted by atomic mass is 79.9. The van der Waals surface area contributed by atoms with E-state index in [1.807, 2.05) is 0 Å². The van der Waals surface area contributed by atoms with Crippen molar-refractivity contribution in [1.29, 1.82) is 0 Å². The lowest BCUT2D eigenvalue weighted by Gasteiger charge is -2.27. The Labute approximate surface area is 188 Å². The Morgan fingerprint density at radius 2 is 1.83 bits per heavy atom. The number of anilines is 1. The number of ether oxygens (including phenoxy) is 2. The standard InChI is InChI=1S/C20H16Br2N2O6/c1-3-30-13-7-5-4-6-12(13)24-19(27)11(18(26)23-20(24)28)8-10-9-14(29-2)17(25)16(22)15(10)21/h4-9,25H,3H2,1-2H3,(H,23,26,28)/b11-8+. The normalized spacial score (nSPS) is 15.4. The Balaban J connectivity index is 2.11. The summed E-state index contributed by atoms with van der Waals surface area (Å²) in [6.45, 7) is 2.11. The molecule has 30 heavy (non-hydrogen) atoms. The monoisotopic (exact) mass is 538 g/mol. The van der Waals surface area contributed by atoms with Crippen LogP contribution < -0.4 is 19.7 Å². The average Bonchev–Trinajstić information content (AvgIpc) is 2.72. The number of phenols is 1. The zero-order valence-electron chi connectivity index (χ0n) is 15.9. The third kappa shape index (κ3) is 3.92. The lowest BCUT2D eigenvalue weighted by Crippen LogP contribution is -2.54. The molecule has 2 aromatic carbocycles. The van der Waals surface area contributed by atoms with Crippen LogP contribution in [0.2, 0.25) is 0 Å². The molecule has 3 rings (SSSR count). The number of carbonyl (C=O) groups is 3. The molecule has 0 bridgehead atoms. The van der Waals surface area contributed by atoms with Gasteiger partial charge in [0, 0.05) is 4.47 Å². The van der Waals surface area contributed by atoms with Gasteiger partial charge >= 0.3 is 6.03 Å². The van der Waals surface area contributed by atoms with Gasteiger partial charge in [-0.15, -0.1) is 0 Å². The maximum atomic E-state index is 13.1. The summed E-state index contributed by atoms with van der Waals surface area (Å²) in [5.41, 5.74) is 0.312. The van der Waals surface area contributed by atoms with Crippen molar-refractivity contribution in [1.82, 2.24) is 5.32 Å². The van der Waals surface area contributed by atoms with Crippen LogP contribution in [0.5, 0.6) is 17.2 Å². The van der Waals surface area contributed by atoms with Gasteiger partial charge < -0.3 is 14.6 Å². The number of hydrogen-bond donors (Lipinski definition) is 2. The Morgan fingerprint density at radius 3 is 2.50 bits per heavy atom. The Bertz CT molecular complexity index is 1080. The number of barbiturate groups is 1. The van der Waals surface area contributed by atoms with Crippen LogP contribution in [-0.4, -0.2) is 36.7 Å². The number of methoxy groups -OCH3 is 1. The number of benzene rings is 2. The summed E-state index contributed by atoms with van der Waals surface area (Å²) in [4.78, 5) is 38.9. The van der Waals surface area contributed by atoms with Crippen molar-refractivity contribution < 1.29 is 29.0 Å². The van der Waals surface area contributed by atoms with E-state index in [9.17, 15) is 19.5 Å². The summed E-state index contributed by atoms with van der Waals surface area (Å²) >= 11 is 6.54. The van der Waals surface area contributed by atoms with Crippen LogP contribution >= 0.6 is 31.9 Å². The number of hydrogen-bond acceptors (Lipinski definition) is 6. The van der Waals surface area contributed by atoms with Crippen molar-refractivity contribution >= 4 is 61.5 Å². The Morgan fingerprint density at radius 1 is 1.13 bits per heavy atom. The first kappa shape index (κ1) is 21.8. The molecule has 1 aliphatic rings. The van der Waals surface area contributed by atoms with Gasteiger partial charge in [-0.25, -0.2) is 9.69 Å². The van der Waals surface area contributed by atoms with Crippen LogP contribution in [0, 0.1) is 0 Å². The molecule has 2 N–H and O–H groups in total. The van der Waals surface area contributed by atoms with Gasteiger partial charge in [-0.3, -0.25) is 14.9 Å². The first-order valence-electron chi connectivity index (χ1n) is 8.68. The molecule has 10 heteroatoms. The molecule has 0 spiro atoms. The van der Waals surface area contributed by atoms with Gasteiger partial charge in [0.2, 0.25) is 0 Å². The summed E-state index contributed by atoms with van der Waals surface area (Å²) in [6.07, 6.45) is 1.30. The zero-order valence-corrected chi connectivity index (χ0v) is 19.0. The van der Waals surface area contributed by atoms with E-state index in [2.05, 4.69) is 37.2 Å². The molecule has 1 aliphatic heterocycles. The number of para-hydroxylation sites is 2. The molecule has 8 nitrogen and oxygen atoms in total. The fourth-order valence-corrected chi connectivity index (χ4v) is 3.66. The third-order valence-corrected chi connectivity index (χ3v) is 6.36. The summed E-state index contributed by atoms with van der Waals surface area (Å²) in [6, 6.07) is 7.10. The Kier molecular flexibility index (Phi) is 6.47. The number of amides is 4. The molecule has 1 heterocycles. The largest absolute Gasteiger partial charge is 0.503 e. The number of phenolic OH excluding ortho intramolecular Hbond substituents is 1. The van der Waals surface area contributed by atoms with E-state index in [1.165, 1.54) is 19.3 Å². The topological polar surface area (TPSA) is 105 Å². The third-order valence-electron chi connectivity index (χ3n) is 4.20. The second-order valence-corrected chi connectivity index (χ2v) is 7.59. The van der Waals surface area contributed by atoms with Crippen LogP contribution in [0.3, 0.4) is 0 Å². The maximum absolute atomic E-state index is 13.1. The number of halogens is 2. The van der Waals surface area contributed by atoms with Gasteiger partial charge in [-0.05, 0) is 68.6 Å². The van der Waals surface area contributed by atoms with E-state index in [1.54, 1.807) is 31.2 Å². The quantitative estimate of drug-likeness (QED) is 0.439. The van der Waals surface area contributed by atoms with Gasteiger partial charge in [0.05, 0.1) is 23.9 Å². The van der Waals surface area contributed by atoms with Crippen LogP contribution in [0.4, 0.5) is 10.5 Å². The second-order valence-electron chi connectivity index (χ2n) is 6.00. The second kappa shape index (κ2) is 8.88. The van der Waals surface area contributed by atoms with E-state index in [-0.39, 0.29) is 27.2 Å². The molecule has 0 unspecified atom stereocenters. The van der Waals surface area contributed by atoms with E-state index in [0.29, 0.717) is 22.4 Å². The van der Waals surface area contributed by atoms with Gasteiger partial charge in [0.1, 0.15) is 11.3 Å². The maximum Gasteiger partial charge on any atom is 0.336 e. The minimum Gasteiger partial charge on any atom is -0.503 e. The van der Waals surface area contributed by atoms with Crippen molar-refractivity contribution in [2.24, 2.45) is 0 Å². The summed E-state index contributed by atoms with van der Waals surface area (Å²) in [5.74, 6) is -1.34. The van der Waals surface area contributed by atoms with Gasteiger partial charge in [-0.1, -0.05) is 12.1 Å². The van der Waals surface area contributed by atoms with Gasteiger partial charge in [0.25, 0.3) is 11.8 Å². The van der Waals surface area contributed by atoms with Crippen molar-refractivity contribution in [2.75, 3.05) is 18.6 Å². The molecule has 0 saturated carbocycles. The number of rotatable bonds is 5. The fraction of sp³-hybridized carbons (Fsp3) is 0.150. The number of carbonyl (C=O) groups excluding carboxylic acids is 3. The van der Waals surface area contributed by atoms with E-state index < -0.39 is 17.8 Å². The number of urea groups is 1. The van der Waals surface area contributed by atoms with Crippen LogP contribution in [0.15, 0.2) is 44.9 Å². The predicted molar refractivity (Wildman–Crippen MR) is 117 cm³/mol. The van der Waals surface area contributed by atoms with Crippen LogP contribution in [-0.2, 0) is 9.59 Å². The molecular formula is C20H16Br2N2O6. The van der Waals surface area contributed by atoms with Crippen molar-refractivity contribution in [2.45, 2.75) is 6.92 Å². The smallest absolute Gasteiger partial charge is 0.336 e. The SMILES string of the molecule is CCOc1ccccc1N1C(=O)NC(=O)/C(=C\c2cc(OC)c(O)c(Br)c2Br)C1=O. The lowest BCUT2D eigenvalue weighted by atomic mass is 10.1. The summed E-state index contributed by atoms with van der Waals surface area (Å²) in [7, 11) is 1.37. The van der Waals surface area contributed by atoms with E-state index in [4.69, 9.17) is 9.47 Å². The highest BCUT2D eigenvalue weighted by molar-refractivity contribution is 9.13. The highest BCUT2D eigenvalue weighted by Gasteiger charge is 2.38. The number of aromatic hydroxyl groups is 1. The van der Waals surface area contributed by atoms with Gasteiger partial charge in [-0.2, -0.15) is 0 Å². The lowest BCUT2D eigenvalue weighted by molar-refractivity contribution is -0.122. The van der Waals surface area contributed by atoms with Crippen molar-refractivity contribution in [3.8, 4) is 17.2 Å². The predicted octanol–water partition coefficient (Wildman–Crippen LogP) is 3.99. The molecule has 4 amide bonds. The zero-order chi connectivity index (χ0) is 22.0. The minimum absolute atomic E-state index is 0.134.